The Morgan fingerprint density at radius 2 is 2.00 bits per heavy atom. The van der Waals surface area contributed by atoms with Crippen LogP contribution in [0.3, 0.4) is 0 Å². The summed E-state index contributed by atoms with van der Waals surface area (Å²) in [6, 6.07) is 7.68. The molecule has 23 heavy (non-hydrogen) atoms. The van der Waals surface area contributed by atoms with Gasteiger partial charge >= 0.3 is 0 Å². The minimum absolute atomic E-state index is 0. The first-order valence-corrected chi connectivity index (χ1v) is 7.42. The van der Waals surface area contributed by atoms with E-state index in [1.54, 1.807) is 6.20 Å². The van der Waals surface area contributed by atoms with Crippen molar-refractivity contribution >= 4 is 41.8 Å². The Balaban J connectivity index is 0.00000132. The summed E-state index contributed by atoms with van der Waals surface area (Å²) in [5.41, 5.74) is 7.79. The lowest BCUT2D eigenvalue weighted by Gasteiger charge is -2.37. The number of para-hydroxylation sites is 2. The zero-order valence-electron chi connectivity index (χ0n) is 13.0. The lowest BCUT2D eigenvalue weighted by atomic mass is 9.92. The number of nitrogens with two attached hydrogens (primary N) is 1. The van der Waals surface area contributed by atoms with Gasteiger partial charge in [0.05, 0.1) is 17.2 Å². The van der Waals surface area contributed by atoms with Crippen LogP contribution in [0.25, 0.3) is 11.0 Å². The predicted molar refractivity (Wildman–Crippen MR) is 96.3 cm³/mol. The van der Waals surface area contributed by atoms with Crippen molar-refractivity contribution in [2.45, 2.75) is 25.8 Å². The van der Waals surface area contributed by atoms with E-state index in [1.807, 2.05) is 29.2 Å². The molecule has 0 radical (unpaired) electrons. The molecule has 7 heteroatoms. The number of amides is 1. The Bertz CT molecular complexity index is 667. The monoisotopic (exact) mass is 356 g/mol. The number of carbonyl (C=O) groups excluding carboxylic acids is 1. The van der Waals surface area contributed by atoms with Gasteiger partial charge in [0.15, 0.2) is 0 Å². The normalized spacial score (nSPS) is 20.5. The lowest BCUT2D eigenvalue weighted by Crippen LogP contribution is -2.49. The van der Waals surface area contributed by atoms with E-state index in [0.29, 0.717) is 18.2 Å². The summed E-state index contributed by atoms with van der Waals surface area (Å²) < 4.78 is 0. The molecule has 126 valence electrons. The largest absolute Gasteiger partial charge is 0.333 e. The summed E-state index contributed by atoms with van der Waals surface area (Å²) in [7, 11) is 0. The van der Waals surface area contributed by atoms with Crippen molar-refractivity contribution in [3.8, 4) is 0 Å². The van der Waals surface area contributed by atoms with Crippen molar-refractivity contribution in [2.75, 3.05) is 13.1 Å². The molecule has 1 aromatic carbocycles. The van der Waals surface area contributed by atoms with E-state index in [-0.39, 0.29) is 36.8 Å². The molecule has 1 fully saturated rings. The van der Waals surface area contributed by atoms with Crippen molar-refractivity contribution < 1.29 is 4.79 Å². The van der Waals surface area contributed by atoms with E-state index in [2.05, 4.69) is 16.9 Å². The van der Waals surface area contributed by atoms with Crippen molar-refractivity contribution in [1.29, 1.82) is 0 Å². The molecule has 2 atom stereocenters. The Morgan fingerprint density at radius 1 is 1.30 bits per heavy atom. The van der Waals surface area contributed by atoms with Crippen LogP contribution < -0.4 is 5.73 Å². The van der Waals surface area contributed by atoms with Gasteiger partial charge in [-0.2, -0.15) is 0 Å². The first-order chi connectivity index (χ1) is 10.2. The summed E-state index contributed by atoms with van der Waals surface area (Å²) in [5.74, 6) is 0.556. The van der Waals surface area contributed by atoms with Gasteiger partial charge < -0.3 is 10.6 Å². The number of aromatic nitrogens is 2. The Labute approximate surface area is 148 Å². The minimum Gasteiger partial charge on any atom is -0.333 e. The summed E-state index contributed by atoms with van der Waals surface area (Å²) in [4.78, 5) is 23.3. The van der Waals surface area contributed by atoms with E-state index in [9.17, 15) is 4.79 Å². The van der Waals surface area contributed by atoms with E-state index >= 15 is 0 Å². The lowest BCUT2D eigenvalue weighted by molar-refractivity contribution is 0.0567. The molecule has 1 aromatic heterocycles. The number of piperidine rings is 1. The van der Waals surface area contributed by atoms with Crippen LogP contribution in [-0.2, 0) is 0 Å². The molecular formula is C16H22Cl2N4O. The van der Waals surface area contributed by atoms with Crippen molar-refractivity contribution in [1.82, 2.24) is 14.9 Å². The van der Waals surface area contributed by atoms with Gasteiger partial charge in [-0.25, -0.2) is 4.98 Å². The highest BCUT2D eigenvalue weighted by Crippen LogP contribution is 2.23. The molecule has 0 saturated carbocycles. The van der Waals surface area contributed by atoms with Crippen LogP contribution in [0.2, 0.25) is 0 Å². The van der Waals surface area contributed by atoms with E-state index < -0.39 is 0 Å². The number of rotatable bonds is 2. The molecule has 5 nitrogen and oxygen atoms in total. The van der Waals surface area contributed by atoms with Gasteiger partial charge in [0.25, 0.3) is 5.91 Å². The van der Waals surface area contributed by atoms with Gasteiger partial charge in [-0.3, -0.25) is 9.78 Å². The number of hydrogen-bond donors (Lipinski definition) is 1. The molecule has 2 unspecified atom stereocenters. The van der Waals surface area contributed by atoms with Crippen molar-refractivity contribution in [2.24, 2.45) is 11.7 Å². The number of hydrogen-bond acceptors (Lipinski definition) is 4. The third-order valence-corrected chi connectivity index (χ3v) is 4.18. The van der Waals surface area contributed by atoms with Crippen LogP contribution in [0, 0.1) is 5.92 Å². The number of likely N-dealkylation sites (tertiary alicyclic amines) is 1. The summed E-state index contributed by atoms with van der Waals surface area (Å²) in [6.07, 6.45) is 3.54. The average molecular weight is 357 g/mol. The molecule has 1 saturated heterocycles. The predicted octanol–water partition coefficient (Wildman–Crippen LogP) is 2.67. The number of halogens is 2. The SMILES string of the molecule is CC1CCN(C(=O)c2cnc3ccccc3n2)C(CN)C1.Cl.Cl. The van der Waals surface area contributed by atoms with Crippen LogP contribution >= 0.6 is 24.8 Å². The fourth-order valence-electron chi connectivity index (χ4n) is 2.95. The number of carbonyl (C=O) groups is 1. The first-order valence-electron chi connectivity index (χ1n) is 7.42. The molecule has 1 aliphatic rings. The molecule has 1 aliphatic heterocycles. The van der Waals surface area contributed by atoms with Crippen LogP contribution in [0.4, 0.5) is 0 Å². The standard InChI is InChI=1S/C16H20N4O.2ClH/c1-11-6-7-20(12(8-11)9-17)16(21)15-10-18-13-4-2-3-5-14(13)19-15;;/h2-5,10-12H,6-9,17H2,1H3;2*1H. The molecule has 0 bridgehead atoms. The second-order valence-electron chi connectivity index (χ2n) is 5.76. The number of nitrogens with zero attached hydrogens (tertiary/aromatic N) is 3. The molecule has 0 aliphatic carbocycles. The third kappa shape index (κ3) is 4.10. The van der Waals surface area contributed by atoms with E-state index in [4.69, 9.17) is 5.73 Å². The van der Waals surface area contributed by atoms with E-state index in [0.717, 1.165) is 30.4 Å². The molecule has 0 spiro atoms. The Kier molecular flexibility index (Phi) is 7.19. The summed E-state index contributed by atoms with van der Waals surface area (Å²) >= 11 is 0. The molecule has 2 N–H and O–H groups in total. The van der Waals surface area contributed by atoms with Crippen LogP contribution in [-0.4, -0.2) is 39.9 Å². The maximum Gasteiger partial charge on any atom is 0.274 e. The van der Waals surface area contributed by atoms with Crippen molar-refractivity contribution in [3.05, 3.63) is 36.2 Å². The van der Waals surface area contributed by atoms with Gasteiger partial charge in [0.1, 0.15) is 5.69 Å². The van der Waals surface area contributed by atoms with Gasteiger partial charge in [0.2, 0.25) is 0 Å². The highest BCUT2D eigenvalue weighted by Gasteiger charge is 2.30. The Hall–Kier alpha value is -1.43. The third-order valence-electron chi connectivity index (χ3n) is 4.18. The van der Waals surface area contributed by atoms with Crippen LogP contribution in [0.1, 0.15) is 30.3 Å². The molecule has 3 rings (SSSR count). The minimum atomic E-state index is -0.0596. The molecule has 2 aromatic rings. The number of fused-ring (bicyclic) bond motifs is 1. The zero-order valence-corrected chi connectivity index (χ0v) is 14.6. The molecule has 2 heterocycles. The quantitative estimate of drug-likeness (QED) is 0.897. The van der Waals surface area contributed by atoms with Gasteiger partial charge in [-0.05, 0) is 30.9 Å². The molecular weight excluding hydrogens is 335 g/mol. The second kappa shape index (κ2) is 8.43. The van der Waals surface area contributed by atoms with Crippen LogP contribution in [0.5, 0.6) is 0 Å². The molecule has 1 amide bonds. The van der Waals surface area contributed by atoms with Gasteiger partial charge in [0, 0.05) is 19.1 Å². The van der Waals surface area contributed by atoms with Gasteiger partial charge in [-0.15, -0.1) is 24.8 Å². The fraction of sp³-hybridized carbons (Fsp3) is 0.438. The number of benzene rings is 1. The van der Waals surface area contributed by atoms with Crippen molar-refractivity contribution in [3.63, 3.8) is 0 Å². The maximum absolute atomic E-state index is 12.7. The highest BCUT2D eigenvalue weighted by atomic mass is 35.5. The topological polar surface area (TPSA) is 72.1 Å². The second-order valence-corrected chi connectivity index (χ2v) is 5.76. The summed E-state index contributed by atoms with van der Waals surface area (Å²) in [6.45, 7) is 3.45. The zero-order chi connectivity index (χ0) is 14.8. The van der Waals surface area contributed by atoms with E-state index in [1.165, 1.54) is 0 Å². The summed E-state index contributed by atoms with van der Waals surface area (Å²) in [5, 5.41) is 0. The first kappa shape index (κ1) is 19.6. The Morgan fingerprint density at radius 3 is 2.70 bits per heavy atom. The fourth-order valence-corrected chi connectivity index (χ4v) is 2.95. The maximum atomic E-state index is 12.7. The van der Waals surface area contributed by atoms with Crippen LogP contribution in [0.15, 0.2) is 30.5 Å². The highest BCUT2D eigenvalue weighted by molar-refractivity contribution is 5.94. The average Bonchev–Trinajstić information content (AvgIpc) is 2.53. The smallest absolute Gasteiger partial charge is 0.274 e. The van der Waals surface area contributed by atoms with Gasteiger partial charge in [-0.1, -0.05) is 19.1 Å².